The smallest absolute Gasteiger partial charge is 0.321 e. The lowest BCUT2D eigenvalue weighted by Crippen LogP contribution is -2.48. The van der Waals surface area contributed by atoms with Crippen molar-refractivity contribution in [2.75, 3.05) is 0 Å². The van der Waals surface area contributed by atoms with Gasteiger partial charge >= 0.3 is 5.97 Å². The molecule has 82 valence electrons. The second kappa shape index (κ2) is 4.65. The Bertz CT molecular complexity index is 243. The normalized spacial score (nSPS) is 16.0. The van der Waals surface area contributed by atoms with Crippen molar-refractivity contribution in [3.8, 4) is 0 Å². The van der Waals surface area contributed by atoms with Gasteiger partial charge in [-0.3, -0.25) is 9.59 Å². The highest BCUT2D eigenvalue weighted by atomic mass is 32.2. The van der Waals surface area contributed by atoms with Gasteiger partial charge in [-0.2, -0.15) is 0 Å². The molecular formula is C8H16N2O3S. The van der Waals surface area contributed by atoms with Crippen LogP contribution in [0.3, 0.4) is 0 Å². The van der Waals surface area contributed by atoms with E-state index in [0.29, 0.717) is 0 Å². The molecule has 0 bridgehead atoms. The Balaban J connectivity index is 4.47. The molecule has 0 saturated heterocycles. The number of carbonyl (C=O) groups excluding carboxylic acids is 1. The second-order valence-corrected chi connectivity index (χ2v) is 5.58. The summed E-state index contributed by atoms with van der Waals surface area (Å²) in [6.45, 7) is 4.98. The third kappa shape index (κ3) is 3.55. The molecule has 0 aliphatic rings. The highest BCUT2D eigenvalue weighted by Crippen LogP contribution is 2.31. The van der Waals surface area contributed by atoms with Crippen LogP contribution < -0.4 is 11.5 Å². The van der Waals surface area contributed by atoms with E-state index in [4.69, 9.17) is 16.6 Å². The molecular weight excluding hydrogens is 204 g/mol. The lowest BCUT2D eigenvalue weighted by atomic mass is 10.1. The van der Waals surface area contributed by atoms with Crippen LogP contribution in [-0.2, 0) is 9.59 Å². The molecule has 0 aliphatic heterocycles. The lowest BCUT2D eigenvalue weighted by Gasteiger charge is -2.29. The SMILES string of the molecule is CC(SC(C)(C)[C@H](N)C(=O)O)C(N)=O. The zero-order valence-corrected chi connectivity index (χ0v) is 9.30. The van der Waals surface area contributed by atoms with Crippen molar-refractivity contribution in [1.82, 2.24) is 0 Å². The summed E-state index contributed by atoms with van der Waals surface area (Å²) in [6.07, 6.45) is 0. The molecule has 5 N–H and O–H groups in total. The van der Waals surface area contributed by atoms with Gasteiger partial charge in [0.15, 0.2) is 0 Å². The number of primary amides is 1. The summed E-state index contributed by atoms with van der Waals surface area (Å²) >= 11 is 1.17. The first-order valence-corrected chi connectivity index (χ1v) is 5.02. The number of aliphatic carboxylic acids is 1. The van der Waals surface area contributed by atoms with Gasteiger partial charge < -0.3 is 16.6 Å². The first kappa shape index (κ1) is 13.2. The van der Waals surface area contributed by atoms with E-state index in [1.807, 2.05) is 0 Å². The number of rotatable bonds is 5. The number of carboxylic acids is 1. The van der Waals surface area contributed by atoms with E-state index in [2.05, 4.69) is 0 Å². The fraction of sp³-hybridized carbons (Fsp3) is 0.750. The first-order chi connectivity index (χ1) is 6.18. The van der Waals surface area contributed by atoms with E-state index in [0.717, 1.165) is 0 Å². The second-order valence-electron chi connectivity index (χ2n) is 3.58. The molecule has 5 nitrogen and oxygen atoms in total. The molecule has 0 aromatic heterocycles. The monoisotopic (exact) mass is 220 g/mol. The predicted molar refractivity (Wildman–Crippen MR) is 55.9 cm³/mol. The van der Waals surface area contributed by atoms with Crippen molar-refractivity contribution < 1.29 is 14.7 Å². The molecule has 0 aromatic carbocycles. The standard InChI is InChI=1S/C8H16N2O3S/c1-4(6(10)11)14-8(2,3)5(9)7(12)13/h4-5H,9H2,1-3H3,(H2,10,11)(H,12,13)/t4?,5-/m1/s1. The summed E-state index contributed by atoms with van der Waals surface area (Å²) in [7, 11) is 0. The number of carbonyl (C=O) groups is 2. The van der Waals surface area contributed by atoms with Crippen LogP contribution in [0.2, 0.25) is 0 Å². The van der Waals surface area contributed by atoms with Gasteiger partial charge in [0.2, 0.25) is 5.91 Å². The zero-order chi connectivity index (χ0) is 11.5. The van der Waals surface area contributed by atoms with E-state index < -0.39 is 27.9 Å². The summed E-state index contributed by atoms with van der Waals surface area (Å²) in [6, 6.07) is -1.02. The Kier molecular flexibility index (Phi) is 4.41. The van der Waals surface area contributed by atoms with Crippen molar-refractivity contribution >= 4 is 23.6 Å². The Hall–Kier alpha value is -0.750. The molecule has 0 rings (SSSR count). The van der Waals surface area contributed by atoms with Crippen molar-refractivity contribution in [3.63, 3.8) is 0 Å². The fourth-order valence-corrected chi connectivity index (χ4v) is 2.16. The molecule has 0 spiro atoms. The van der Waals surface area contributed by atoms with Crippen molar-refractivity contribution in [3.05, 3.63) is 0 Å². The molecule has 1 amide bonds. The van der Waals surface area contributed by atoms with Crippen LogP contribution in [0.1, 0.15) is 20.8 Å². The Morgan fingerprint density at radius 1 is 1.43 bits per heavy atom. The molecule has 1 unspecified atom stereocenters. The van der Waals surface area contributed by atoms with E-state index in [9.17, 15) is 9.59 Å². The number of amides is 1. The zero-order valence-electron chi connectivity index (χ0n) is 8.48. The largest absolute Gasteiger partial charge is 0.480 e. The maximum Gasteiger partial charge on any atom is 0.321 e. The summed E-state index contributed by atoms with van der Waals surface area (Å²) in [5, 5.41) is 8.27. The third-order valence-electron chi connectivity index (χ3n) is 1.90. The minimum atomic E-state index is -1.08. The lowest BCUT2D eigenvalue weighted by molar-refractivity contribution is -0.139. The predicted octanol–water partition coefficient (Wildman–Crippen LogP) is -0.216. The maximum atomic E-state index is 10.8. The van der Waals surface area contributed by atoms with Crippen LogP contribution in [0.4, 0.5) is 0 Å². The van der Waals surface area contributed by atoms with Crippen molar-refractivity contribution in [1.29, 1.82) is 0 Å². The Morgan fingerprint density at radius 3 is 2.14 bits per heavy atom. The fourth-order valence-electron chi connectivity index (χ4n) is 0.884. The highest BCUT2D eigenvalue weighted by Gasteiger charge is 2.35. The van der Waals surface area contributed by atoms with Gasteiger partial charge in [-0.1, -0.05) is 0 Å². The summed E-state index contributed by atoms with van der Waals surface area (Å²) in [5.41, 5.74) is 10.5. The molecule has 0 saturated carbocycles. The Labute approximate surface area is 87.2 Å². The minimum Gasteiger partial charge on any atom is -0.480 e. The average molecular weight is 220 g/mol. The molecule has 6 heteroatoms. The highest BCUT2D eigenvalue weighted by molar-refractivity contribution is 8.02. The number of hydrogen-bond donors (Lipinski definition) is 3. The number of nitrogens with two attached hydrogens (primary N) is 2. The van der Waals surface area contributed by atoms with Crippen LogP contribution >= 0.6 is 11.8 Å². The van der Waals surface area contributed by atoms with Gasteiger partial charge in [0.05, 0.1) is 5.25 Å². The first-order valence-electron chi connectivity index (χ1n) is 4.14. The topological polar surface area (TPSA) is 106 Å². The molecule has 0 heterocycles. The summed E-state index contributed by atoms with van der Waals surface area (Å²) in [5.74, 6) is -1.56. The van der Waals surface area contributed by atoms with Crippen molar-refractivity contribution in [2.24, 2.45) is 11.5 Å². The molecule has 2 atom stereocenters. The van der Waals surface area contributed by atoms with Gasteiger partial charge in [-0.25, -0.2) is 0 Å². The van der Waals surface area contributed by atoms with Crippen LogP contribution in [0.25, 0.3) is 0 Å². The van der Waals surface area contributed by atoms with Crippen LogP contribution in [0.5, 0.6) is 0 Å². The Morgan fingerprint density at radius 2 is 1.86 bits per heavy atom. The number of thioether (sulfide) groups is 1. The minimum absolute atomic E-state index is 0.449. The summed E-state index contributed by atoms with van der Waals surface area (Å²) < 4.78 is -0.722. The van der Waals surface area contributed by atoms with Gasteiger partial charge in [0, 0.05) is 4.75 Å². The van der Waals surface area contributed by atoms with Crippen LogP contribution in [-0.4, -0.2) is 33.0 Å². The van der Waals surface area contributed by atoms with Crippen molar-refractivity contribution in [2.45, 2.75) is 36.8 Å². The molecule has 14 heavy (non-hydrogen) atoms. The molecule has 0 aromatic rings. The van der Waals surface area contributed by atoms with E-state index in [-0.39, 0.29) is 0 Å². The van der Waals surface area contributed by atoms with Crippen LogP contribution in [0.15, 0.2) is 0 Å². The average Bonchev–Trinajstić information content (AvgIpc) is 2.01. The number of carboxylic acid groups (broad SMARTS) is 1. The van der Waals surface area contributed by atoms with Gasteiger partial charge in [0.25, 0.3) is 0 Å². The maximum absolute atomic E-state index is 10.8. The molecule has 0 aliphatic carbocycles. The van der Waals surface area contributed by atoms with Gasteiger partial charge in [-0.15, -0.1) is 11.8 Å². The van der Waals surface area contributed by atoms with Crippen LogP contribution in [0, 0.1) is 0 Å². The quantitative estimate of drug-likeness (QED) is 0.594. The summed E-state index contributed by atoms with van der Waals surface area (Å²) in [4.78, 5) is 21.4. The van der Waals surface area contributed by atoms with Gasteiger partial charge in [0.1, 0.15) is 6.04 Å². The third-order valence-corrected chi connectivity index (χ3v) is 3.34. The molecule has 0 fully saturated rings. The van der Waals surface area contributed by atoms with E-state index in [1.54, 1.807) is 20.8 Å². The van der Waals surface area contributed by atoms with E-state index in [1.165, 1.54) is 11.8 Å². The number of hydrogen-bond acceptors (Lipinski definition) is 4. The molecule has 0 radical (unpaired) electrons. The van der Waals surface area contributed by atoms with E-state index >= 15 is 0 Å². The van der Waals surface area contributed by atoms with Gasteiger partial charge in [-0.05, 0) is 20.8 Å².